The quantitative estimate of drug-likeness (QED) is 0.549. The molecule has 0 bridgehead atoms. The van der Waals surface area contributed by atoms with Crippen molar-refractivity contribution in [2.75, 3.05) is 26.9 Å². The molecule has 104 valence electrons. The highest BCUT2D eigenvalue weighted by Gasteiger charge is 2.08. The van der Waals surface area contributed by atoms with Crippen LogP contribution < -0.4 is 5.76 Å². The maximum atomic E-state index is 11.7. The van der Waals surface area contributed by atoms with E-state index in [0.29, 0.717) is 31.9 Å². The molecule has 0 spiro atoms. The van der Waals surface area contributed by atoms with Gasteiger partial charge in [0.05, 0.1) is 18.7 Å². The van der Waals surface area contributed by atoms with Gasteiger partial charge in [-0.2, -0.15) is 0 Å². The molecule has 0 saturated carbocycles. The van der Waals surface area contributed by atoms with Gasteiger partial charge in [-0.05, 0) is 47.2 Å². The van der Waals surface area contributed by atoms with E-state index in [1.165, 1.54) is 0 Å². The molecule has 0 aliphatic carbocycles. The fourth-order valence-corrected chi connectivity index (χ4v) is 2.29. The average molecular weight is 377 g/mol. The summed E-state index contributed by atoms with van der Waals surface area (Å²) in [5.74, 6) is -0.311. The first kappa shape index (κ1) is 14.5. The maximum absolute atomic E-state index is 11.7. The first-order chi connectivity index (χ1) is 9.22. The van der Waals surface area contributed by atoms with Gasteiger partial charge >= 0.3 is 5.76 Å². The van der Waals surface area contributed by atoms with E-state index >= 15 is 0 Å². The molecule has 0 N–H and O–H groups in total. The lowest BCUT2D eigenvalue weighted by Gasteiger charge is -2.04. The molecule has 1 heterocycles. The number of oxazole rings is 1. The second kappa shape index (κ2) is 7.06. The van der Waals surface area contributed by atoms with Gasteiger partial charge in [0.15, 0.2) is 5.58 Å². The Hall–Kier alpha value is -0.860. The summed E-state index contributed by atoms with van der Waals surface area (Å²) in [5, 5.41) is 0. The fourth-order valence-electron chi connectivity index (χ4n) is 1.82. The van der Waals surface area contributed by atoms with Gasteiger partial charge in [0.2, 0.25) is 0 Å². The summed E-state index contributed by atoms with van der Waals surface area (Å²) in [7, 11) is 1.64. The minimum Gasteiger partial charge on any atom is -0.408 e. The van der Waals surface area contributed by atoms with E-state index in [9.17, 15) is 4.79 Å². The van der Waals surface area contributed by atoms with Gasteiger partial charge in [-0.25, -0.2) is 4.79 Å². The summed E-state index contributed by atoms with van der Waals surface area (Å²) < 4.78 is 18.2. The molecular weight excluding hydrogens is 361 g/mol. The zero-order chi connectivity index (χ0) is 13.7. The third-order valence-corrected chi connectivity index (χ3v) is 3.40. The van der Waals surface area contributed by atoms with Gasteiger partial charge in [0.1, 0.15) is 0 Å². The van der Waals surface area contributed by atoms with Gasteiger partial charge in [-0.3, -0.25) is 4.57 Å². The number of benzene rings is 1. The van der Waals surface area contributed by atoms with Crippen LogP contribution in [0.15, 0.2) is 27.4 Å². The van der Waals surface area contributed by atoms with Crippen molar-refractivity contribution in [2.45, 2.75) is 13.0 Å². The van der Waals surface area contributed by atoms with Crippen molar-refractivity contribution in [1.82, 2.24) is 4.57 Å². The fraction of sp³-hybridized carbons (Fsp3) is 0.462. The lowest BCUT2D eigenvalue weighted by molar-refractivity contribution is 0.0679. The number of hydrogen-bond acceptors (Lipinski definition) is 4. The third-order valence-electron chi connectivity index (χ3n) is 2.73. The first-order valence-electron chi connectivity index (χ1n) is 6.08. The maximum Gasteiger partial charge on any atom is 0.419 e. The smallest absolute Gasteiger partial charge is 0.408 e. The lowest BCUT2D eigenvalue weighted by atomic mass is 10.3. The van der Waals surface area contributed by atoms with E-state index in [0.717, 1.165) is 15.5 Å². The molecular formula is C13H16INO4. The molecule has 0 unspecified atom stereocenters. The Balaban J connectivity index is 1.98. The van der Waals surface area contributed by atoms with Crippen LogP contribution in [0, 0.1) is 3.57 Å². The molecule has 0 atom stereocenters. The SMILES string of the molecule is COCCOCCCn1c(=O)oc2ccc(I)cc21. The Labute approximate surface area is 124 Å². The minimum atomic E-state index is -0.311. The largest absolute Gasteiger partial charge is 0.419 e. The van der Waals surface area contributed by atoms with Gasteiger partial charge in [-0.1, -0.05) is 0 Å². The highest BCUT2D eigenvalue weighted by Crippen LogP contribution is 2.16. The Kier molecular flexibility index (Phi) is 5.41. The summed E-state index contributed by atoms with van der Waals surface area (Å²) in [6, 6.07) is 5.70. The Morgan fingerprint density at radius 1 is 1.32 bits per heavy atom. The number of halogens is 1. The summed E-state index contributed by atoms with van der Waals surface area (Å²) in [6.45, 7) is 2.37. The molecule has 2 rings (SSSR count). The Bertz CT molecular complexity index is 590. The molecule has 0 aliphatic rings. The molecule has 0 radical (unpaired) electrons. The van der Waals surface area contributed by atoms with Crippen LogP contribution >= 0.6 is 22.6 Å². The highest BCUT2D eigenvalue weighted by molar-refractivity contribution is 14.1. The second-order valence-electron chi connectivity index (χ2n) is 4.09. The number of aromatic nitrogens is 1. The molecule has 2 aromatic rings. The number of ether oxygens (including phenoxy) is 2. The molecule has 0 aliphatic heterocycles. The molecule has 6 heteroatoms. The summed E-state index contributed by atoms with van der Waals surface area (Å²) >= 11 is 2.22. The summed E-state index contributed by atoms with van der Waals surface area (Å²) in [6.07, 6.45) is 0.768. The van der Waals surface area contributed by atoms with Crippen molar-refractivity contribution in [3.63, 3.8) is 0 Å². The molecule has 1 aromatic heterocycles. The van der Waals surface area contributed by atoms with Crippen molar-refractivity contribution >= 4 is 33.7 Å². The zero-order valence-corrected chi connectivity index (χ0v) is 12.9. The molecule has 0 saturated heterocycles. The molecule has 19 heavy (non-hydrogen) atoms. The van der Waals surface area contributed by atoms with Crippen LogP contribution in [0.3, 0.4) is 0 Å². The number of rotatable bonds is 7. The Morgan fingerprint density at radius 3 is 2.95 bits per heavy atom. The average Bonchev–Trinajstić information content (AvgIpc) is 2.69. The highest BCUT2D eigenvalue weighted by atomic mass is 127. The van der Waals surface area contributed by atoms with Crippen LogP contribution in [-0.2, 0) is 16.0 Å². The third kappa shape index (κ3) is 3.80. The van der Waals surface area contributed by atoms with Crippen molar-refractivity contribution in [3.05, 3.63) is 32.3 Å². The molecule has 1 aromatic carbocycles. The number of nitrogens with zero attached hydrogens (tertiary/aromatic N) is 1. The van der Waals surface area contributed by atoms with E-state index in [4.69, 9.17) is 13.9 Å². The number of fused-ring (bicyclic) bond motifs is 1. The van der Waals surface area contributed by atoms with Crippen LogP contribution in [0.4, 0.5) is 0 Å². The van der Waals surface area contributed by atoms with Crippen LogP contribution in [0.25, 0.3) is 11.1 Å². The van der Waals surface area contributed by atoms with Crippen LogP contribution in [0.2, 0.25) is 0 Å². The van der Waals surface area contributed by atoms with E-state index in [-0.39, 0.29) is 5.76 Å². The van der Waals surface area contributed by atoms with Crippen molar-refractivity contribution in [3.8, 4) is 0 Å². The van der Waals surface area contributed by atoms with Gasteiger partial charge in [0, 0.05) is 23.8 Å². The van der Waals surface area contributed by atoms with Crippen LogP contribution in [-0.4, -0.2) is 31.5 Å². The van der Waals surface area contributed by atoms with E-state index in [1.54, 1.807) is 11.7 Å². The topological polar surface area (TPSA) is 53.6 Å². The van der Waals surface area contributed by atoms with E-state index < -0.39 is 0 Å². The normalized spacial score (nSPS) is 11.3. The lowest BCUT2D eigenvalue weighted by Crippen LogP contribution is -2.15. The summed E-state index contributed by atoms with van der Waals surface area (Å²) in [5.41, 5.74) is 1.47. The van der Waals surface area contributed by atoms with Crippen molar-refractivity contribution in [2.24, 2.45) is 0 Å². The van der Waals surface area contributed by atoms with E-state index in [1.807, 2.05) is 18.2 Å². The predicted molar refractivity (Wildman–Crippen MR) is 80.5 cm³/mol. The first-order valence-corrected chi connectivity index (χ1v) is 7.16. The van der Waals surface area contributed by atoms with Crippen molar-refractivity contribution in [1.29, 1.82) is 0 Å². The zero-order valence-electron chi connectivity index (χ0n) is 10.7. The summed E-state index contributed by atoms with van der Waals surface area (Å²) in [4.78, 5) is 11.7. The predicted octanol–water partition coefficient (Wildman–Crippen LogP) is 2.25. The molecule has 0 fully saturated rings. The van der Waals surface area contributed by atoms with Gasteiger partial charge in [0.25, 0.3) is 0 Å². The van der Waals surface area contributed by atoms with Crippen LogP contribution in [0.1, 0.15) is 6.42 Å². The molecule has 5 nitrogen and oxygen atoms in total. The van der Waals surface area contributed by atoms with Crippen LogP contribution in [0.5, 0.6) is 0 Å². The monoisotopic (exact) mass is 377 g/mol. The standard InChI is InChI=1S/C13H16INO4/c1-17-7-8-18-6-2-5-15-11-9-10(14)3-4-12(11)19-13(15)16/h3-4,9H,2,5-8H2,1H3. The molecule has 0 amide bonds. The Morgan fingerprint density at radius 2 is 2.16 bits per heavy atom. The van der Waals surface area contributed by atoms with E-state index in [2.05, 4.69) is 22.6 Å². The van der Waals surface area contributed by atoms with Crippen molar-refractivity contribution < 1.29 is 13.9 Å². The number of hydrogen-bond donors (Lipinski definition) is 0. The van der Waals surface area contributed by atoms with Gasteiger partial charge < -0.3 is 13.9 Å². The number of aryl methyl sites for hydroxylation is 1. The second-order valence-corrected chi connectivity index (χ2v) is 5.34. The minimum absolute atomic E-state index is 0.311. The number of methoxy groups -OCH3 is 1. The van der Waals surface area contributed by atoms with Gasteiger partial charge in [-0.15, -0.1) is 0 Å².